The molecule has 1 saturated heterocycles. The Morgan fingerprint density at radius 3 is 2.17 bits per heavy atom. The Bertz CT molecular complexity index is 4550. The predicted octanol–water partition coefficient (Wildman–Crippen LogP) is 1.83. The number of methoxy groups -OCH3 is 1. The topological polar surface area (TPSA) is 472 Å². The molecule has 11 N–H and O–H groups in total. The summed E-state index contributed by atoms with van der Waals surface area (Å²) in [5.74, 6) is -4.51. The Hall–Kier alpha value is -11.7. The molecular weight excluding hydrogens is 1290 g/mol. The second-order valence-electron chi connectivity index (χ2n) is 22.9. The van der Waals surface area contributed by atoms with Gasteiger partial charge in [0.1, 0.15) is 64.8 Å². The van der Waals surface area contributed by atoms with Crippen LogP contribution in [0.4, 0.5) is 16.4 Å². The fourth-order valence-electron chi connectivity index (χ4n) is 11.1. The highest BCUT2D eigenvalue weighted by molar-refractivity contribution is 6.13. The third-order valence-corrected chi connectivity index (χ3v) is 16.0. The Morgan fingerprint density at radius 1 is 0.768 bits per heavy atom. The molecule has 7 heterocycles. The average molecular weight is 1370 g/mol. The van der Waals surface area contributed by atoms with E-state index in [0.29, 0.717) is 69.5 Å². The lowest BCUT2D eigenvalue weighted by Gasteiger charge is -2.38. The van der Waals surface area contributed by atoms with Crippen LogP contribution in [0.15, 0.2) is 79.0 Å². The first kappa shape index (κ1) is 70.1. The number of nitrogens with two attached hydrogens (primary N) is 2. The number of hydrogen-bond acceptors (Lipinski definition) is 23. The predicted molar refractivity (Wildman–Crippen MR) is 349 cm³/mol. The van der Waals surface area contributed by atoms with Crippen molar-refractivity contribution in [2.75, 3.05) is 51.0 Å². The molecule has 520 valence electrons. The number of rotatable bonds is 29. The number of allylic oxidation sites excluding steroid dienone is 2. The zero-order valence-corrected chi connectivity index (χ0v) is 54.4. The van der Waals surface area contributed by atoms with E-state index in [-0.39, 0.29) is 110 Å². The molecule has 5 aromatic heterocycles. The van der Waals surface area contributed by atoms with Gasteiger partial charge in [0.25, 0.3) is 17.7 Å². The Morgan fingerprint density at radius 2 is 1.47 bits per heavy atom. The standard InChI is InChI=1S/C64H71N17O18/c1-7-80-41(24-32(3)74-80)60(91)73-63-71-40-27-36(56(66)90)29-44(50(40)79(63)21-10-9-20-78-49-37(26-35(55(65)89)28-43(49)95-6)38-30-68-57(72-58(38)78)59-69-33(4)75-81(59)8-2)96-23-11-19-76(5)64(94)97-31-34-12-13-42(98-62-53(88)51(86)52(87)54(99-62)61(92)93)39(25-34)70-46(83)16-18-67-45(82)17-22-77-47(84)14-15-48(77)85/h9-10,12-15,24-30,51-54,62,86-88H,7-8,11,16-23,31H2,1-6H3,(H2,65,89)(H2,66,90)(H,67,82)(H,70,83)(H,92,93)(H,71,73,91)/b10-9+/t51-,52-,53+,54-,62+/m0/s1. The van der Waals surface area contributed by atoms with E-state index in [2.05, 4.69) is 36.1 Å². The van der Waals surface area contributed by atoms with Crippen LogP contribution in [0.25, 0.3) is 44.6 Å². The van der Waals surface area contributed by atoms with Gasteiger partial charge in [0, 0.05) is 106 Å². The first-order chi connectivity index (χ1) is 47.4. The number of aromatic nitrogens is 10. The number of carboxylic acid groups (broad SMARTS) is 1. The number of hydrogen-bond donors (Lipinski definition) is 9. The molecule has 0 unspecified atom stereocenters. The molecular formula is C64H71N17O18. The number of anilines is 2. The van der Waals surface area contributed by atoms with E-state index in [0.717, 1.165) is 17.1 Å². The summed E-state index contributed by atoms with van der Waals surface area (Å²) in [5.41, 5.74) is 14.5. The van der Waals surface area contributed by atoms with Crippen molar-refractivity contribution in [3.8, 4) is 28.9 Å². The van der Waals surface area contributed by atoms with Gasteiger partial charge >= 0.3 is 12.1 Å². The van der Waals surface area contributed by atoms with Gasteiger partial charge < -0.3 is 80.2 Å². The highest BCUT2D eigenvalue weighted by Crippen LogP contribution is 2.38. The van der Waals surface area contributed by atoms with E-state index >= 15 is 0 Å². The second-order valence-corrected chi connectivity index (χ2v) is 22.9. The molecule has 8 amide bonds. The molecule has 0 spiro atoms. The number of aryl methyl sites for hydroxylation is 4. The molecule has 2 aliphatic heterocycles. The smallest absolute Gasteiger partial charge is 0.409 e. The maximum atomic E-state index is 14.1. The van der Waals surface area contributed by atoms with Crippen molar-refractivity contribution in [3.05, 3.63) is 113 Å². The third-order valence-electron chi connectivity index (χ3n) is 16.0. The first-order valence-electron chi connectivity index (χ1n) is 31.1. The summed E-state index contributed by atoms with van der Waals surface area (Å²) >= 11 is 0. The Labute approximate surface area is 561 Å². The third kappa shape index (κ3) is 15.4. The summed E-state index contributed by atoms with van der Waals surface area (Å²) in [6.45, 7) is 7.55. The van der Waals surface area contributed by atoms with Gasteiger partial charge in [-0.05, 0) is 82.1 Å². The van der Waals surface area contributed by atoms with Crippen molar-refractivity contribution in [1.82, 2.24) is 63.7 Å². The van der Waals surface area contributed by atoms with Gasteiger partial charge in [-0.2, -0.15) is 10.2 Å². The molecule has 5 atom stereocenters. The van der Waals surface area contributed by atoms with Gasteiger partial charge in [-0.25, -0.2) is 34.2 Å². The van der Waals surface area contributed by atoms with Crippen molar-refractivity contribution in [2.45, 2.75) is 110 Å². The van der Waals surface area contributed by atoms with Crippen LogP contribution in [-0.2, 0) is 66.2 Å². The number of aliphatic hydroxyl groups excluding tert-OH is 3. The highest BCUT2D eigenvalue weighted by Gasteiger charge is 2.48. The highest BCUT2D eigenvalue weighted by atomic mass is 16.7. The number of aliphatic carboxylic acids is 1. The summed E-state index contributed by atoms with van der Waals surface area (Å²) in [6, 6.07) is 11.7. The first-order valence-corrected chi connectivity index (χ1v) is 31.1. The SMILES string of the molecule is CCn1nc(C)cc1C(=O)Nc1nc2cc(C(N)=O)cc(OCCCN(C)C(=O)OCc3ccc(O[C@@H]4O[C@H](C(=O)O)[C@@H](O)[C@H](O)[C@H]4O)c(NC(=O)CCNC(=O)CCN4C(=O)C=CC4=O)c3)c2n1C/C=C/Cn1c2nc(-c3nc(C)nn3CC)ncc2c2cc(C(N)=O)cc(OC)c21. The van der Waals surface area contributed by atoms with E-state index in [9.17, 15) is 63.6 Å². The minimum absolute atomic E-state index is 0.0310. The quantitative estimate of drug-likeness (QED) is 0.0183. The van der Waals surface area contributed by atoms with Crippen molar-refractivity contribution in [1.29, 1.82) is 0 Å². The number of nitrogens with one attached hydrogen (secondary N) is 3. The molecule has 10 rings (SSSR count). The van der Waals surface area contributed by atoms with E-state index in [1.807, 2.05) is 30.6 Å². The van der Waals surface area contributed by atoms with Gasteiger partial charge in [0.2, 0.25) is 35.9 Å². The number of carbonyl (C=O) groups is 9. The molecule has 0 aliphatic carbocycles. The lowest BCUT2D eigenvalue weighted by atomic mass is 9.99. The number of ether oxygens (including phenoxy) is 5. The zero-order chi connectivity index (χ0) is 71.1. The molecule has 3 aromatic carbocycles. The molecule has 99 heavy (non-hydrogen) atoms. The van der Waals surface area contributed by atoms with E-state index in [1.54, 1.807) is 52.2 Å². The van der Waals surface area contributed by atoms with Crippen LogP contribution in [0.3, 0.4) is 0 Å². The maximum absolute atomic E-state index is 14.1. The van der Waals surface area contributed by atoms with E-state index in [4.69, 9.17) is 45.1 Å². The summed E-state index contributed by atoms with van der Waals surface area (Å²) in [7, 11) is 2.93. The fraction of sp³-hybridized carbons (Fsp3) is 0.359. The molecule has 8 aromatic rings. The number of carbonyl (C=O) groups excluding carboxylic acids is 8. The maximum Gasteiger partial charge on any atom is 0.409 e. The van der Waals surface area contributed by atoms with Gasteiger partial charge in [-0.15, -0.1) is 0 Å². The van der Waals surface area contributed by atoms with Crippen molar-refractivity contribution in [2.24, 2.45) is 11.5 Å². The summed E-state index contributed by atoms with van der Waals surface area (Å²) < 4.78 is 35.7. The van der Waals surface area contributed by atoms with Crippen molar-refractivity contribution in [3.63, 3.8) is 0 Å². The molecule has 35 nitrogen and oxygen atoms in total. The summed E-state index contributed by atoms with van der Waals surface area (Å²) in [5, 5.41) is 59.2. The van der Waals surface area contributed by atoms with Crippen LogP contribution in [0.2, 0.25) is 0 Å². The van der Waals surface area contributed by atoms with Gasteiger partial charge in [-0.1, -0.05) is 18.2 Å². The number of amides is 8. The number of aliphatic hydroxyl groups is 3. The van der Waals surface area contributed by atoms with E-state index < -0.39 is 90.7 Å². The lowest BCUT2D eigenvalue weighted by molar-refractivity contribution is -0.271. The second kappa shape index (κ2) is 30.2. The molecule has 1 fully saturated rings. The molecule has 35 heteroatoms. The van der Waals surface area contributed by atoms with Crippen LogP contribution in [0.5, 0.6) is 17.2 Å². The fourth-order valence-corrected chi connectivity index (χ4v) is 11.1. The van der Waals surface area contributed by atoms with Gasteiger partial charge in [0.05, 0.1) is 36.1 Å². The van der Waals surface area contributed by atoms with Crippen LogP contribution in [0.1, 0.15) is 81.4 Å². The largest absolute Gasteiger partial charge is 0.495 e. The minimum Gasteiger partial charge on any atom is -0.495 e. The number of imidazole rings is 1. The number of carboxylic acids is 1. The average Bonchev–Trinajstić information content (AvgIpc) is 1.60. The Kier molecular flexibility index (Phi) is 21.4. The van der Waals surface area contributed by atoms with Crippen LogP contribution >= 0.6 is 0 Å². The molecule has 0 radical (unpaired) electrons. The number of primary amides is 2. The zero-order valence-electron chi connectivity index (χ0n) is 54.4. The number of nitrogens with zero attached hydrogens (tertiary/aromatic N) is 12. The summed E-state index contributed by atoms with van der Waals surface area (Å²) in [6.07, 6.45) is -3.68. The number of fused-ring (bicyclic) bond motifs is 4. The lowest BCUT2D eigenvalue weighted by Crippen LogP contribution is -2.61. The Balaban J connectivity index is 0.859. The summed E-state index contributed by atoms with van der Waals surface area (Å²) in [4.78, 5) is 136. The van der Waals surface area contributed by atoms with Gasteiger partial charge in [0.15, 0.2) is 17.8 Å². The molecule has 0 saturated carbocycles. The molecule has 2 aliphatic rings. The van der Waals surface area contributed by atoms with Gasteiger partial charge in [-0.3, -0.25) is 48.5 Å². The van der Waals surface area contributed by atoms with Crippen molar-refractivity contribution >= 4 is 98.0 Å². The van der Waals surface area contributed by atoms with Crippen molar-refractivity contribution < 1.29 is 87.3 Å². The van der Waals surface area contributed by atoms with Crippen LogP contribution < -0.4 is 41.6 Å². The van der Waals surface area contributed by atoms with E-state index in [1.165, 1.54) is 49.4 Å². The normalized spacial score (nSPS) is 16.8. The number of imide groups is 1. The molecule has 0 bridgehead atoms. The number of benzene rings is 3. The van der Waals surface area contributed by atoms with Crippen LogP contribution in [-0.4, -0.2) is 203 Å². The van der Waals surface area contributed by atoms with Crippen LogP contribution in [0, 0.1) is 13.8 Å². The monoisotopic (exact) mass is 1370 g/mol. The minimum atomic E-state index is -2.03.